The normalized spacial score (nSPS) is 10.8. The summed E-state index contributed by atoms with van der Waals surface area (Å²) in [5.41, 5.74) is 4.06. The average Bonchev–Trinajstić information content (AvgIpc) is 2.95. The first-order chi connectivity index (χ1) is 11.4. The molecule has 1 aromatic heterocycles. The van der Waals surface area contributed by atoms with Crippen LogP contribution in [0.1, 0.15) is 16.9 Å². The van der Waals surface area contributed by atoms with Gasteiger partial charge in [0.25, 0.3) is 5.91 Å². The van der Waals surface area contributed by atoms with Crippen LogP contribution < -0.4 is 10.2 Å². The van der Waals surface area contributed by atoms with Gasteiger partial charge in [-0.25, -0.2) is 5.43 Å². The average molecular weight is 396 g/mol. The van der Waals surface area contributed by atoms with Gasteiger partial charge in [-0.1, -0.05) is 15.9 Å². The number of hydrogen-bond acceptors (Lipinski definition) is 6. The molecule has 9 heteroatoms. The summed E-state index contributed by atoms with van der Waals surface area (Å²) in [5, 5.41) is 14.1. The van der Waals surface area contributed by atoms with Crippen molar-refractivity contribution in [2.75, 3.05) is 6.61 Å². The molecule has 0 fully saturated rings. The van der Waals surface area contributed by atoms with E-state index in [1.54, 1.807) is 0 Å². The number of hydrazone groups is 1. The number of furan rings is 1. The van der Waals surface area contributed by atoms with Gasteiger partial charge in [-0.05, 0) is 43.2 Å². The van der Waals surface area contributed by atoms with Crippen molar-refractivity contribution in [3.8, 4) is 5.75 Å². The Morgan fingerprint density at radius 3 is 2.67 bits per heavy atom. The number of carbonyl (C=O) groups is 1. The van der Waals surface area contributed by atoms with E-state index in [9.17, 15) is 14.9 Å². The third kappa shape index (κ3) is 4.66. The van der Waals surface area contributed by atoms with Crippen LogP contribution in [0.2, 0.25) is 0 Å². The molecule has 0 aliphatic carbocycles. The number of nitrogens with zero attached hydrogens (tertiary/aromatic N) is 2. The van der Waals surface area contributed by atoms with Crippen molar-refractivity contribution in [3.63, 3.8) is 0 Å². The highest BCUT2D eigenvalue weighted by Crippen LogP contribution is 2.27. The van der Waals surface area contributed by atoms with Crippen molar-refractivity contribution in [1.82, 2.24) is 5.43 Å². The van der Waals surface area contributed by atoms with Gasteiger partial charge in [-0.3, -0.25) is 14.9 Å². The molecule has 0 saturated carbocycles. The predicted molar refractivity (Wildman–Crippen MR) is 90.2 cm³/mol. The van der Waals surface area contributed by atoms with Gasteiger partial charge in [0.1, 0.15) is 10.7 Å². The highest BCUT2D eigenvalue weighted by molar-refractivity contribution is 9.10. The first-order valence-electron chi connectivity index (χ1n) is 6.82. The Morgan fingerprint density at radius 1 is 1.42 bits per heavy atom. The molecule has 2 aromatic rings. The zero-order valence-electron chi connectivity index (χ0n) is 12.9. The number of nitro groups is 1. The third-order valence-electron chi connectivity index (χ3n) is 2.95. The largest absolute Gasteiger partial charge is 0.483 e. The molecule has 2 rings (SSSR count). The predicted octanol–water partition coefficient (Wildman–Crippen LogP) is 3.10. The van der Waals surface area contributed by atoms with Crippen molar-refractivity contribution in [1.29, 1.82) is 0 Å². The fraction of sp³-hybridized carbons (Fsp3) is 0.200. The Labute approximate surface area is 145 Å². The SMILES string of the molecule is Cc1cc(Br)cc(C)c1OCC(=O)N/N=C/c1ccc([N+](=O)[O-])o1. The monoisotopic (exact) mass is 395 g/mol. The van der Waals surface area contributed by atoms with Crippen LogP contribution >= 0.6 is 15.9 Å². The highest BCUT2D eigenvalue weighted by atomic mass is 79.9. The summed E-state index contributed by atoms with van der Waals surface area (Å²) in [6.45, 7) is 3.55. The van der Waals surface area contributed by atoms with Crippen molar-refractivity contribution < 1.29 is 18.9 Å². The standard InChI is InChI=1S/C15H14BrN3O5/c1-9-5-11(16)6-10(2)15(9)23-8-13(20)18-17-7-12-3-4-14(24-12)19(21)22/h3-7H,8H2,1-2H3,(H,18,20)/b17-7+. The Kier molecular flexibility index (Phi) is 5.69. The number of benzene rings is 1. The Hall–Kier alpha value is -2.68. The van der Waals surface area contributed by atoms with Gasteiger partial charge < -0.3 is 9.15 Å². The van der Waals surface area contributed by atoms with Crippen LogP contribution in [0.5, 0.6) is 5.75 Å². The van der Waals surface area contributed by atoms with Gasteiger partial charge in [-0.2, -0.15) is 5.10 Å². The fourth-order valence-corrected chi connectivity index (χ4v) is 2.66. The fourth-order valence-electron chi connectivity index (χ4n) is 1.97. The maximum absolute atomic E-state index is 11.7. The summed E-state index contributed by atoms with van der Waals surface area (Å²) in [6.07, 6.45) is 1.17. The quantitative estimate of drug-likeness (QED) is 0.459. The molecule has 1 N–H and O–H groups in total. The van der Waals surface area contributed by atoms with Crippen molar-refractivity contribution in [3.05, 3.63) is 55.7 Å². The maximum Gasteiger partial charge on any atom is 0.433 e. The molecule has 0 spiro atoms. The minimum absolute atomic E-state index is 0.155. The second kappa shape index (κ2) is 7.73. The van der Waals surface area contributed by atoms with Crippen molar-refractivity contribution >= 4 is 33.9 Å². The van der Waals surface area contributed by atoms with Gasteiger partial charge >= 0.3 is 5.88 Å². The lowest BCUT2D eigenvalue weighted by Crippen LogP contribution is -2.25. The molecule has 0 unspecified atom stereocenters. The highest BCUT2D eigenvalue weighted by Gasteiger charge is 2.11. The molecule has 8 nitrogen and oxygen atoms in total. The lowest BCUT2D eigenvalue weighted by atomic mass is 10.1. The first kappa shape index (κ1) is 17.7. The first-order valence-corrected chi connectivity index (χ1v) is 7.62. The molecule has 0 atom stereocenters. The number of ether oxygens (including phenoxy) is 1. The number of nitrogens with one attached hydrogen (secondary N) is 1. The van der Waals surface area contributed by atoms with E-state index in [0.717, 1.165) is 15.6 Å². The molecular weight excluding hydrogens is 382 g/mol. The summed E-state index contributed by atoms with van der Waals surface area (Å²) >= 11 is 3.39. The lowest BCUT2D eigenvalue weighted by Gasteiger charge is -2.11. The number of carbonyl (C=O) groups excluding carboxylic acids is 1. The molecule has 1 aromatic carbocycles. The second-order valence-corrected chi connectivity index (χ2v) is 5.80. The number of amides is 1. The van der Waals surface area contributed by atoms with Crippen LogP contribution in [0.25, 0.3) is 0 Å². The summed E-state index contributed by atoms with van der Waals surface area (Å²) in [4.78, 5) is 21.5. The van der Waals surface area contributed by atoms with E-state index in [2.05, 4.69) is 26.5 Å². The van der Waals surface area contributed by atoms with Crippen LogP contribution in [-0.2, 0) is 4.79 Å². The zero-order valence-corrected chi connectivity index (χ0v) is 14.5. The smallest absolute Gasteiger partial charge is 0.433 e. The summed E-state index contributed by atoms with van der Waals surface area (Å²) in [7, 11) is 0. The molecule has 24 heavy (non-hydrogen) atoms. The molecule has 1 heterocycles. The topological polar surface area (TPSA) is 107 Å². The van der Waals surface area contributed by atoms with Gasteiger partial charge in [-0.15, -0.1) is 0 Å². The van der Waals surface area contributed by atoms with Gasteiger partial charge in [0.2, 0.25) is 0 Å². The Bertz CT molecular complexity index is 777. The number of hydrogen-bond donors (Lipinski definition) is 1. The second-order valence-electron chi connectivity index (χ2n) is 4.88. The van der Waals surface area contributed by atoms with Crippen molar-refractivity contribution in [2.24, 2.45) is 5.10 Å². The van der Waals surface area contributed by atoms with Gasteiger partial charge in [0.05, 0.1) is 12.3 Å². The minimum Gasteiger partial charge on any atom is -0.483 e. The summed E-state index contributed by atoms with van der Waals surface area (Å²) in [5.74, 6) is -0.0668. The number of aryl methyl sites for hydroxylation is 2. The van der Waals surface area contributed by atoms with E-state index < -0.39 is 16.7 Å². The molecule has 126 valence electrons. The van der Waals surface area contributed by atoms with Crippen LogP contribution in [0.3, 0.4) is 0 Å². The molecule has 0 aliphatic rings. The maximum atomic E-state index is 11.7. The molecule has 0 aliphatic heterocycles. The third-order valence-corrected chi connectivity index (χ3v) is 3.40. The number of rotatable bonds is 6. The number of halogens is 1. The van der Waals surface area contributed by atoms with E-state index in [-0.39, 0.29) is 12.4 Å². The lowest BCUT2D eigenvalue weighted by molar-refractivity contribution is -0.402. The van der Waals surface area contributed by atoms with E-state index in [4.69, 9.17) is 9.15 Å². The van der Waals surface area contributed by atoms with E-state index in [1.807, 2.05) is 26.0 Å². The van der Waals surface area contributed by atoms with E-state index >= 15 is 0 Å². The summed E-state index contributed by atoms with van der Waals surface area (Å²) in [6, 6.07) is 6.36. The molecule has 0 bridgehead atoms. The van der Waals surface area contributed by atoms with Crippen molar-refractivity contribution in [2.45, 2.75) is 13.8 Å². The van der Waals surface area contributed by atoms with Crippen LogP contribution in [-0.4, -0.2) is 23.7 Å². The molecule has 0 radical (unpaired) electrons. The minimum atomic E-state index is -0.660. The van der Waals surface area contributed by atoms with Crippen LogP contribution in [0, 0.1) is 24.0 Å². The van der Waals surface area contributed by atoms with Crippen LogP contribution in [0.15, 0.2) is 38.3 Å². The van der Waals surface area contributed by atoms with Gasteiger partial charge in [0.15, 0.2) is 12.4 Å². The Morgan fingerprint density at radius 2 is 2.08 bits per heavy atom. The zero-order chi connectivity index (χ0) is 17.7. The summed E-state index contributed by atoms with van der Waals surface area (Å²) < 4.78 is 11.3. The van der Waals surface area contributed by atoms with E-state index in [1.165, 1.54) is 18.3 Å². The van der Waals surface area contributed by atoms with E-state index in [0.29, 0.717) is 5.75 Å². The van der Waals surface area contributed by atoms with Crippen LogP contribution in [0.4, 0.5) is 5.88 Å². The molecular formula is C15H14BrN3O5. The molecule has 0 saturated heterocycles. The molecule has 1 amide bonds. The Balaban J connectivity index is 1.87. The van der Waals surface area contributed by atoms with Gasteiger partial charge in [0, 0.05) is 4.47 Å².